The number of carbonyl (C=O) groups excluding carboxylic acids is 2. The molecule has 0 aromatic rings. The molecule has 0 aliphatic carbocycles. The first-order valence-electron chi connectivity index (χ1n) is 15.6. The maximum Gasteiger partial charge on any atom is 0.320 e. The standard InChI is InChI=1S/C32H65N5O4/c1-29(2,3)25-37(26-30(4,5)6)22-20-35-16-14-33-13-15-34(17-18-35)19-21-36(23-27(38)40-31(7,8)9)24-28(39)41-32(10,11)12/h33H,13-26H2,1-12H3. The Labute approximate surface area is 252 Å². The lowest BCUT2D eigenvalue weighted by Crippen LogP contribution is -2.46. The zero-order valence-corrected chi connectivity index (χ0v) is 28.8. The number of hydrogen-bond acceptors (Lipinski definition) is 9. The zero-order chi connectivity index (χ0) is 31.5. The van der Waals surface area contributed by atoms with Gasteiger partial charge in [0.15, 0.2) is 0 Å². The van der Waals surface area contributed by atoms with Gasteiger partial charge in [0, 0.05) is 78.5 Å². The Balaban J connectivity index is 2.80. The molecular weight excluding hydrogens is 518 g/mol. The Hall–Kier alpha value is -1.26. The summed E-state index contributed by atoms with van der Waals surface area (Å²) in [6, 6.07) is 0. The first-order valence-corrected chi connectivity index (χ1v) is 15.6. The molecule has 9 heteroatoms. The Bertz CT molecular complexity index is 731. The molecule has 1 heterocycles. The van der Waals surface area contributed by atoms with Crippen molar-refractivity contribution in [3.8, 4) is 0 Å². The molecule has 1 saturated heterocycles. The topological polar surface area (TPSA) is 77.6 Å². The fourth-order valence-corrected chi connectivity index (χ4v) is 5.00. The molecule has 0 atom stereocenters. The van der Waals surface area contributed by atoms with Crippen molar-refractivity contribution in [2.75, 3.05) is 91.6 Å². The average molecular weight is 584 g/mol. The molecule has 1 N–H and O–H groups in total. The number of nitrogens with zero attached hydrogens (tertiary/aromatic N) is 4. The lowest BCUT2D eigenvalue weighted by atomic mass is 9.92. The Morgan fingerprint density at radius 1 is 0.610 bits per heavy atom. The SMILES string of the molecule is CC(C)(C)CN(CCN1CCNCCN(CCN(CC(=O)OC(C)(C)C)CC(=O)OC(C)(C)C)CC1)CC(C)(C)C. The van der Waals surface area contributed by atoms with Crippen molar-refractivity contribution in [1.82, 2.24) is 24.9 Å². The van der Waals surface area contributed by atoms with Gasteiger partial charge in [-0.1, -0.05) is 41.5 Å². The van der Waals surface area contributed by atoms with Crippen LogP contribution in [0, 0.1) is 10.8 Å². The average Bonchev–Trinajstić information content (AvgIpc) is 2.83. The van der Waals surface area contributed by atoms with Gasteiger partial charge in [0.1, 0.15) is 11.2 Å². The monoisotopic (exact) mass is 584 g/mol. The summed E-state index contributed by atoms with van der Waals surface area (Å²) in [6.07, 6.45) is 0. The number of ether oxygens (including phenoxy) is 2. The van der Waals surface area contributed by atoms with E-state index in [4.69, 9.17) is 9.47 Å². The van der Waals surface area contributed by atoms with Crippen LogP contribution in [0.1, 0.15) is 83.1 Å². The minimum Gasteiger partial charge on any atom is -0.459 e. The van der Waals surface area contributed by atoms with Crippen molar-refractivity contribution in [2.24, 2.45) is 10.8 Å². The molecule has 9 nitrogen and oxygen atoms in total. The third kappa shape index (κ3) is 21.1. The lowest BCUT2D eigenvalue weighted by molar-refractivity contribution is -0.159. The summed E-state index contributed by atoms with van der Waals surface area (Å²) >= 11 is 0. The van der Waals surface area contributed by atoms with E-state index in [0.717, 1.165) is 72.0 Å². The summed E-state index contributed by atoms with van der Waals surface area (Å²) in [4.78, 5) is 34.7. The van der Waals surface area contributed by atoms with Crippen LogP contribution in [0.25, 0.3) is 0 Å². The number of hydrogen-bond donors (Lipinski definition) is 1. The highest BCUT2D eigenvalue weighted by molar-refractivity contribution is 5.75. The second-order valence-corrected chi connectivity index (χ2v) is 16.1. The van der Waals surface area contributed by atoms with E-state index in [1.807, 2.05) is 46.4 Å². The summed E-state index contributed by atoms with van der Waals surface area (Å²) in [7, 11) is 0. The van der Waals surface area contributed by atoms with Gasteiger partial charge in [-0.15, -0.1) is 0 Å². The van der Waals surface area contributed by atoms with Crippen LogP contribution in [0.3, 0.4) is 0 Å². The van der Waals surface area contributed by atoms with E-state index in [1.165, 1.54) is 0 Å². The molecule has 0 saturated carbocycles. The zero-order valence-electron chi connectivity index (χ0n) is 28.8. The Morgan fingerprint density at radius 3 is 1.32 bits per heavy atom. The first-order chi connectivity index (χ1) is 18.6. The molecule has 41 heavy (non-hydrogen) atoms. The Kier molecular flexibility index (Phi) is 15.2. The second-order valence-electron chi connectivity index (χ2n) is 16.1. The number of nitrogens with one attached hydrogen (secondary N) is 1. The number of rotatable bonds is 12. The van der Waals surface area contributed by atoms with Crippen LogP contribution in [0.4, 0.5) is 0 Å². The highest BCUT2D eigenvalue weighted by atomic mass is 16.6. The minimum absolute atomic E-state index is 0.0616. The molecule has 1 aliphatic rings. The van der Waals surface area contributed by atoms with E-state index in [2.05, 4.69) is 61.6 Å². The maximum absolute atomic E-state index is 12.6. The molecule has 0 aromatic carbocycles. The van der Waals surface area contributed by atoms with Gasteiger partial charge in [-0.3, -0.25) is 24.3 Å². The summed E-state index contributed by atoms with van der Waals surface area (Å²) in [5, 5.41) is 3.60. The van der Waals surface area contributed by atoms with Gasteiger partial charge in [-0.25, -0.2) is 0 Å². The minimum atomic E-state index is -0.569. The van der Waals surface area contributed by atoms with E-state index in [1.54, 1.807) is 0 Å². The molecule has 0 radical (unpaired) electrons. The third-order valence-electron chi connectivity index (χ3n) is 6.35. The normalized spacial score (nSPS) is 17.3. The van der Waals surface area contributed by atoms with Crippen LogP contribution in [-0.4, -0.2) is 134 Å². The predicted octanol–water partition coefficient (Wildman–Crippen LogP) is 3.57. The summed E-state index contributed by atoms with van der Waals surface area (Å²) in [6.45, 7) is 36.7. The van der Waals surface area contributed by atoms with Crippen molar-refractivity contribution in [1.29, 1.82) is 0 Å². The van der Waals surface area contributed by atoms with Gasteiger partial charge in [0.05, 0.1) is 13.1 Å². The fourth-order valence-electron chi connectivity index (χ4n) is 5.00. The largest absolute Gasteiger partial charge is 0.459 e. The third-order valence-corrected chi connectivity index (χ3v) is 6.35. The Morgan fingerprint density at radius 2 is 0.976 bits per heavy atom. The van der Waals surface area contributed by atoms with Crippen LogP contribution in [-0.2, 0) is 19.1 Å². The summed E-state index contributed by atoms with van der Waals surface area (Å²) in [5.41, 5.74) is -0.607. The van der Waals surface area contributed by atoms with Crippen molar-refractivity contribution in [3.63, 3.8) is 0 Å². The molecular formula is C32H65N5O4. The van der Waals surface area contributed by atoms with Crippen LogP contribution < -0.4 is 5.32 Å². The van der Waals surface area contributed by atoms with Crippen molar-refractivity contribution in [2.45, 2.75) is 94.3 Å². The predicted molar refractivity (Wildman–Crippen MR) is 169 cm³/mol. The second kappa shape index (κ2) is 16.6. The molecule has 1 rings (SSSR count). The summed E-state index contributed by atoms with van der Waals surface area (Å²) < 4.78 is 11.1. The van der Waals surface area contributed by atoms with E-state index >= 15 is 0 Å². The van der Waals surface area contributed by atoms with E-state index < -0.39 is 11.2 Å². The highest BCUT2D eigenvalue weighted by Crippen LogP contribution is 2.21. The highest BCUT2D eigenvalue weighted by Gasteiger charge is 2.25. The molecule has 0 bridgehead atoms. The maximum atomic E-state index is 12.6. The van der Waals surface area contributed by atoms with E-state index in [-0.39, 0.29) is 35.9 Å². The molecule has 1 aliphatic heterocycles. The van der Waals surface area contributed by atoms with E-state index in [0.29, 0.717) is 6.54 Å². The van der Waals surface area contributed by atoms with Gasteiger partial charge in [0.2, 0.25) is 0 Å². The van der Waals surface area contributed by atoms with Crippen molar-refractivity contribution < 1.29 is 19.1 Å². The van der Waals surface area contributed by atoms with Gasteiger partial charge in [-0.05, 0) is 52.4 Å². The molecule has 0 aromatic heterocycles. The van der Waals surface area contributed by atoms with Gasteiger partial charge >= 0.3 is 11.9 Å². The number of esters is 2. The summed E-state index contributed by atoms with van der Waals surface area (Å²) in [5.74, 6) is -0.651. The van der Waals surface area contributed by atoms with Crippen LogP contribution in [0.5, 0.6) is 0 Å². The molecule has 0 amide bonds. The van der Waals surface area contributed by atoms with Crippen LogP contribution in [0.15, 0.2) is 0 Å². The molecule has 0 unspecified atom stereocenters. The molecule has 1 fully saturated rings. The van der Waals surface area contributed by atoms with Crippen molar-refractivity contribution in [3.05, 3.63) is 0 Å². The molecule has 0 spiro atoms. The number of carbonyl (C=O) groups is 2. The van der Waals surface area contributed by atoms with Gasteiger partial charge < -0.3 is 19.7 Å². The fraction of sp³-hybridized carbons (Fsp3) is 0.938. The van der Waals surface area contributed by atoms with Crippen LogP contribution in [0.2, 0.25) is 0 Å². The first kappa shape index (κ1) is 37.8. The quantitative estimate of drug-likeness (QED) is 0.347. The van der Waals surface area contributed by atoms with Gasteiger partial charge in [0.25, 0.3) is 0 Å². The molecule has 242 valence electrons. The smallest absolute Gasteiger partial charge is 0.320 e. The van der Waals surface area contributed by atoms with E-state index in [9.17, 15) is 9.59 Å². The van der Waals surface area contributed by atoms with Crippen LogP contribution >= 0.6 is 0 Å². The lowest BCUT2D eigenvalue weighted by Gasteiger charge is -2.36. The van der Waals surface area contributed by atoms with Crippen molar-refractivity contribution >= 4 is 11.9 Å². The van der Waals surface area contributed by atoms with Gasteiger partial charge in [-0.2, -0.15) is 0 Å².